The van der Waals surface area contributed by atoms with E-state index >= 15 is 0 Å². The molecule has 0 unspecified atom stereocenters. The number of esters is 1. The van der Waals surface area contributed by atoms with Gasteiger partial charge in [0.15, 0.2) is 11.5 Å². The Balaban J connectivity index is 1.34. The Kier molecular flexibility index (Phi) is 6.92. The predicted molar refractivity (Wildman–Crippen MR) is 131 cm³/mol. The molecule has 0 spiro atoms. The van der Waals surface area contributed by atoms with E-state index in [9.17, 15) is 9.59 Å². The number of halogens is 1. The van der Waals surface area contributed by atoms with Gasteiger partial charge in [-0.1, -0.05) is 35.9 Å². The van der Waals surface area contributed by atoms with Crippen molar-refractivity contribution < 1.29 is 23.8 Å². The standard InChI is InChI=1S/C26H28ClN3O5/c1-2-33-26(32)17-9-11-29(12-10-17)15-25(31)30-22(18-7-8-23-24(13-18)35-16-34-23)14-21(28-30)19-5-3-4-6-20(19)27/h3-8,13,17,22H,2,9-12,14-16H2,1H3/t22-/m1/s1. The van der Waals surface area contributed by atoms with Crippen LogP contribution >= 0.6 is 11.6 Å². The van der Waals surface area contributed by atoms with E-state index in [1.54, 1.807) is 5.01 Å². The summed E-state index contributed by atoms with van der Waals surface area (Å²) in [4.78, 5) is 27.6. The van der Waals surface area contributed by atoms with Crippen LogP contribution in [-0.4, -0.2) is 60.5 Å². The maximum Gasteiger partial charge on any atom is 0.309 e. The van der Waals surface area contributed by atoms with E-state index < -0.39 is 0 Å². The number of rotatable bonds is 6. The van der Waals surface area contributed by atoms with Gasteiger partial charge in [-0.25, -0.2) is 5.01 Å². The number of ether oxygens (including phenoxy) is 3. The molecular weight excluding hydrogens is 470 g/mol. The van der Waals surface area contributed by atoms with Crippen molar-refractivity contribution in [3.05, 3.63) is 58.6 Å². The van der Waals surface area contributed by atoms with Gasteiger partial charge in [-0.3, -0.25) is 14.5 Å². The van der Waals surface area contributed by atoms with Crippen LogP contribution in [0.3, 0.4) is 0 Å². The topological polar surface area (TPSA) is 80.7 Å². The minimum Gasteiger partial charge on any atom is -0.466 e. The van der Waals surface area contributed by atoms with Crippen LogP contribution in [0.4, 0.5) is 0 Å². The summed E-state index contributed by atoms with van der Waals surface area (Å²) in [5, 5.41) is 6.93. The lowest BCUT2D eigenvalue weighted by Gasteiger charge is -2.32. The summed E-state index contributed by atoms with van der Waals surface area (Å²) in [5.74, 6) is 1.03. The molecule has 0 saturated carbocycles. The fourth-order valence-electron chi connectivity index (χ4n) is 4.83. The normalized spacial score (nSPS) is 20.1. The Hall–Kier alpha value is -3.10. The van der Waals surface area contributed by atoms with Gasteiger partial charge in [-0.05, 0) is 56.6 Å². The smallest absolute Gasteiger partial charge is 0.309 e. The highest BCUT2D eigenvalue weighted by atomic mass is 35.5. The molecule has 0 aromatic heterocycles. The van der Waals surface area contributed by atoms with Gasteiger partial charge in [-0.15, -0.1) is 0 Å². The maximum atomic E-state index is 13.5. The minimum atomic E-state index is -0.277. The van der Waals surface area contributed by atoms with Gasteiger partial charge in [-0.2, -0.15) is 5.10 Å². The lowest BCUT2D eigenvalue weighted by molar-refractivity contribution is -0.149. The van der Waals surface area contributed by atoms with Gasteiger partial charge < -0.3 is 14.2 Å². The third-order valence-electron chi connectivity index (χ3n) is 6.70. The Labute approximate surface area is 209 Å². The van der Waals surface area contributed by atoms with E-state index in [1.165, 1.54) is 0 Å². The van der Waals surface area contributed by atoms with Crippen molar-refractivity contribution in [2.45, 2.75) is 32.2 Å². The summed E-state index contributed by atoms with van der Waals surface area (Å²) in [7, 11) is 0. The number of hydrazone groups is 1. The number of piperidine rings is 1. The first-order chi connectivity index (χ1) is 17.0. The molecule has 2 aromatic carbocycles. The fraction of sp³-hybridized carbons (Fsp3) is 0.423. The van der Waals surface area contributed by atoms with E-state index in [0.29, 0.717) is 55.5 Å². The first kappa shape index (κ1) is 23.6. The van der Waals surface area contributed by atoms with Crippen LogP contribution < -0.4 is 9.47 Å². The summed E-state index contributed by atoms with van der Waals surface area (Å²) >= 11 is 6.45. The number of fused-ring (bicyclic) bond motifs is 1. The van der Waals surface area contributed by atoms with Crippen LogP contribution in [0, 0.1) is 5.92 Å². The minimum absolute atomic E-state index is 0.0932. The molecule has 0 radical (unpaired) electrons. The van der Waals surface area contributed by atoms with E-state index in [-0.39, 0.29) is 37.2 Å². The lowest BCUT2D eigenvalue weighted by atomic mass is 9.96. The zero-order valence-corrected chi connectivity index (χ0v) is 20.4. The van der Waals surface area contributed by atoms with Crippen LogP contribution in [0.5, 0.6) is 11.5 Å². The molecule has 1 saturated heterocycles. The Bertz CT molecular complexity index is 1150. The molecule has 3 aliphatic rings. The molecule has 0 bridgehead atoms. The first-order valence-corrected chi connectivity index (χ1v) is 12.3. The van der Waals surface area contributed by atoms with Crippen molar-refractivity contribution >= 4 is 29.2 Å². The molecule has 2 aromatic rings. The molecule has 3 aliphatic heterocycles. The number of hydrogen-bond acceptors (Lipinski definition) is 7. The quantitative estimate of drug-likeness (QED) is 0.561. The molecule has 0 N–H and O–H groups in total. The molecule has 8 nitrogen and oxygen atoms in total. The van der Waals surface area contributed by atoms with Gasteiger partial charge in [0.05, 0.1) is 30.8 Å². The molecular formula is C26H28ClN3O5. The van der Waals surface area contributed by atoms with Crippen molar-refractivity contribution in [2.75, 3.05) is 33.0 Å². The molecule has 9 heteroatoms. The number of benzene rings is 2. The van der Waals surface area contributed by atoms with Crippen LogP contribution in [0.2, 0.25) is 5.02 Å². The van der Waals surface area contributed by atoms with Crippen LogP contribution in [0.15, 0.2) is 47.6 Å². The molecule has 5 rings (SSSR count). The van der Waals surface area contributed by atoms with Crippen molar-refractivity contribution in [3.63, 3.8) is 0 Å². The average Bonchev–Trinajstić information content (AvgIpc) is 3.52. The van der Waals surface area contributed by atoms with E-state index in [1.807, 2.05) is 49.4 Å². The number of carbonyl (C=O) groups excluding carboxylic acids is 2. The highest BCUT2D eigenvalue weighted by molar-refractivity contribution is 6.34. The molecule has 35 heavy (non-hydrogen) atoms. The third kappa shape index (κ3) is 4.99. The summed E-state index contributed by atoms with van der Waals surface area (Å²) in [6.45, 7) is 3.96. The van der Waals surface area contributed by atoms with Gasteiger partial charge in [0, 0.05) is 17.0 Å². The third-order valence-corrected chi connectivity index (χ3v) is 7.03. The SMILES string of the molecule is CCOC(=O)C1CCN(CC(=O)N2N=C(c3ccccc3Cl)C[C@@H]2c2ccc3c(c2)OCO3)CC1. The van der Waals surface area contributed by atoms with E-state index in [0.717, 1.165) is 16.8 Å². The highest BCUT2D eigenvalue weighted by Gasteiger charge is 2.36. The maximum absolute atomic E-state index is 13.5. The predicted octanol–water partition coefficient (Wildman–Crippen LogP) is 4.02. The molecule has 1 atom stereocenters. The monoisotopic (exact) mass is 497 g/mol. The molecule has 184 valence electrons. The number of hydrogen-bond donors (Lipinski definition) is 0. The Morgan fingerprint density at radius 1 is 1.11 bits per heavy atom. The number of carbonyl (C=O) groups is 2. The van der Waals surface area contributed by atoms with E-state index in [2.05, 4.69) is 4.90 Å². The van der Waals surface area contributed by atoms with Crippen molar-refractivity contribution in [3.8, 4) is 11.5 Å². The molecule has 3 heterocycles. The fourth-order valence-corrected chi connectivity index (χ4v) is 5.07. The van der Waals surface area contributed by atoms with E-state index in [4.69, 9.17) is 30.9 Å². The molecule has 0 aliphatic carbocycles. The number of nitrogens with zero attached hydrogens (tertiary/aromatic N) is 3. The summed E-state index contributed by atoms with van der Waals surface area (Å²) in [6, 6.07) is 13.0. The van der Waals surface area contributed by atoms with Gasteiger partial charge in [0.1, 0.15) is 0 Å². The lowest BCUT2D eigenvalue weighted by Crippen LogP contribution is -2.43. The summed E-state index contributed by atoms with van der Waals surface area (Å²) in [5.41, 5.74) is 2.52. The van der Waals surface area contributed by atoms with Gasteiger partial charge in [0.2, 0.25) is 6.79 Å². The van der Waals surface area contributed by atoms with Crippen LogP contribution in [0.25, 0.3) is 0 Å². The number of amides is 1. The summed E-state index contributed by atoms with van der Waals surface area (Å²) in [6.07, 6.45) is 1.91. The van der Waals surface area contributed by atoms with Crippen LogP contribution in [0.1, 0.15) is 43.4 Å². The Morgan fingerprint density at radius 2 is 1.89 bits per heavy atom. The Morgan fingerprint density at radius 3 is 2.66 bits per heavy atom. The molecule has 1 fully saturated rings. The first-order valence-electron chi connectivity index (χ1n) is 12.0. The second-order valence-electron chi connectivity index (χ2n) is 8.90. The zero-order valence-electron chi connectivity index (χ0n) is 19.6. The van der Waals surface area contributed by atoms with Crippen molar-refractivity contribution in [2.24, 2.45) is 11.0 Å². The number of likely N-dealkylation sites (tertiary alicyclic amines) is 1. The second kappa shape index (κ2) is 10.3. The average molecular weight is 498 g/mol. The largest absolute Gasteiger partial charge is 0.466 e. The van der Waals surface area contributed by atoms with Gasteiger partial charge in [0.25, 0.3) is 5.91 Å². The van der Waals surface area contributed by atoms with Gasteiger partial charge >= 0.3 is 5.97 Å². The second-order valence-corrected chi connectivity index (χ2v) is 9.31. The molecule has 1 amide bonds. The zero-order chi connectivity index (χ0) is 24.4. The van der Waals surface area contributed by atoms with Crippen molar-refractivity contribution in [1.82, 2.24) is 9.91 Å². The van der Waals surface area contributed by atoms with Crippen molar-refractivity contribution in [1.29, 1.82) is 0 Å². The van der Waals surface area contributed by atoms with Crippen LogP contribution in [-0.2, 0) is 14.3 Å². The highest BCUT2D eigenvalue weighted by Crippen LogP contribution is 2.40. The summed E-state index contributed by atoms with van der Waals surface area (Å²) < 4.78 is 16.2.